The van der Waals surface area contributed by atoms with Crippen molar-refractivity contribution in [1.82, 2.24) is 9.88 Å². The topological polar surface area (TPSA) is 75.1 Å². The molecule has 1 aromatic heterocycles. The zero-order valence-corrected chi connectivity index (χ0v) is 25.1. The second kappa shape index (κ2) is 12.7. The first-order valence-electron chi connectivity index (χ1n) is 14.5. The minimum Gasteiger partial charge on any atom is -0.473 e. The summed E-state index contributed by atoms with van der Waals surface area (Å²) in [4.78, 5) is 19.8. The summed E-state index contributed by atoms with van der Waals surface area (Å²) >= 11 is 0. The first-order valence-corrected chi connectivity index (χ1v) is 14.5. The van der Waals surface area contributed by atoms with Crippen molar-refractivity contribution in [2.75, 3.05) is 24.5 Å². The van der Waals surface area contributed by atoms with Crippen LogP contribution in [0.15, 0.2) is 84.9 Å². The van der Waals surface area contributed by atoms with Crippen molar-refractivity contribution in [2.24, 2.45) is 5.41 Å². The standard InChI is InChI=1S/C35H38FN3O4/c1-24-27(15-17-29(32(24)36)39-20-19-38(34(40)41)21-30(39)35(2,3)4)28-16-18-31(42-22-25-11-7-5-8-12-25)37-33(28)43-23-26-13-9-6-10-14-26/h5-18,30H,19-23H2,1-4H3,(H,40,41). The summed E-state index contributed by atoms with van der Waals surface area (Å²) in [5, 5.41) is 9.60. The Balaban J connectivity index is 1.47. The molecule has 1 saturated heterocycles. The number of piperazine rings is 1. The van der Waals surface area contributed by atoms with Gasteiger partial charge >= 0.3 is 6.09 Å². The molecule has 4 aromatic rings. The summed E-state index contributed by atoms with van der Waals surface area (Å²) in [5.41, 5.74) is 4.00. The van der Waals surface area contributed by atoms with Gasteiger partial charge in [0.1, 0.15) is 19.0 Å². The molecule has 1 amide bonds. The highest BCUT2D eigenvalue weighted by Gasteiger charge is 2.38. The molecule has 0 aliphatic carbocycles. The molecule has 5 rings (SSSR count). The van der Waals surface area contributed by atoms with Crippen molar-refractivity contribution in [2.45, 2.75) is 47.0 Å². The van der Waals surface area contributed by atoms with Crippen molar-refractivity contribution in [1.29, 1.82) is 0 Å². The van der Waals surface area contributed by atoms with Gasteiger partial charge in [-0.05, 0) is 46.7 Å². The van der Waals surface area contributed by atoms with Crippen LogP contribution in [0, 0.1) is 18.2 Å². The van der Waals surface area contributed by atoms with Gasteiger partial charge in [0, 0.05) is 31.3 Å². The van der Waals surface area contributed by atoms with Crippen LogP contribution >= 0.6 is 0 Å². The second-order valence-electron chi connectivity index (χ2n) is 11.9. The van der Waals surface area contributed by atoms with E-state index in [1.807, 2.05) is 77.7 Å². The minimum absolute atomic E-state index is 0.190. The van der Waals surface area contributed by atoms with Crippen LogP contribution in [0.4, 0.5) is 14.9 Å². The number of anilines is 1. The molecule has 43 heavy (non-hydrogen) atoms. The molecule has 0 radical (unpaired) electrons. The first-order chi connectivity index (χ1) is 20.6. The normalized spacial score (nSPS) is 15.3. The monoisotopic (exact) mass is 583 g/mol. The molecule has 3 aromatic carbocycles. The molecule has 0 bridgehead atoms. The highest BCUT2D eigenvalue weighted by atomic mass is 19.1. The SMILES string of the molecule is Cc1c(-c2ccc(OCc3ccccc3)nc2OCc2ccccc2)ccc(N2CCN(C(=O)O)CC2C(C)(C)C)c1F. The van der Waals surface area contributed by atoms with E-state index in [-0.39, 0.29) is 17.3 Å². The third kappa shape index (κ3) is 6.91. The molecule has 1 aliphatic heterocycles. The lowest BCUT2D eigenvalue weighted by Crippen LogP contribution is -2.59. The lowest BCUT2D eigenvalue weighted by molar-refractivity contribution is 0.118. The zero-order chi connectivity index (χ0) is 30.6. The van der Waals surface area contributed by atoms with Gasteiger partial charge in [-0.15, -0.1) is 0 Å². The molecule has 1 atom stereocenters. The van der Waals surface area contributed by atoms with E-state index in [2.05, 4.69) is 20.8 Å². The maximum absolute atomic E-state index is 16.3. The van der Waals surface area contributed by atoms with E-state index in [1.165, 1.54) is 4.90 Å². The number of amides is 1. The Hall–Kier alpha value is -4.59. The van der Waals surface area contributed by atoms with E-state index in [0.29, 0.717) is 67.0 Å². The summed E-state index contributed by atoms with van der Waals surface area (Å²) in [7, 11) is 0. The number of aromatic nitrogens is 1. The first kappa shape index (κ1) is 29.9. The number of ether oxygens (including phenoxy) is 2. The van der Waals surface area contributed by atoms with Crippen LogP contribution in [0.5, 0.6) is 11.8 Å². The number of hydrogen-bond acceptors (Lipinski definition) is 5. The lowest BCUT2D eigenvalue weighted by atomic mass is 9.83. The van der Waals surface area contributed by atoms with Gasteiger partial charge < -0.3 is 24.4 Å². The summed E-state index contributed by atoms with van der Waals surface area (Å²) < 4.78 is 28.5. The van der Waals surface area contributed by atoms with E-state index in [4.69, 9.17) is 14.5 Å². The van der Waals surface area contributed by atoms with Crippen molar-refractivity contribution in [3.05, 3.63) is 107 Å². The molecule has 1 fully saturated rings. The van der Waals surface area contributed by atoms with Gasteiger partial charge in [-0.2, -0.15) is 4.98 Å². The number of carbonyl (C=O) groups is 1. The Morgan fingerprint density at radius 3 is 2.09 bits per heavy atom. The quantitative estimate of drug-likeness (QED) is 0.231. The maximum atomic E-state index is 16.3. The van der Waals surface area contributed by atoms with Crippen LogP contribution in [-0.4, -0.2) is 46.8 Å². The van der Waals surface area contributed by atoms with E-state index in [9.17, 15) is 9.90 Å². The molecule has 8 heteroatoms. The maximum Gasteiger partial charge on any atom is 0.407 e. The molecule has 2 heterocycles. The fourth-order valence-electron chi connectivity index (χ4n) is 5.45. The number of carboxylic acid groups (broad SMARTS) is 1. The summed E-state index contributed by atoms with van der Waals surface area (Å²) in [6, 6.07) is 26.8. The van der Waals surface area contributed by atoms with E-state index in [1.54, 1.807) is 19.1 Å². The Kier molecular flexibility index (Phi) is 8.85. The number of nitrogens with zero attached hydrogens (tertiary/aromatic N) is 3. The molecular weight excluding hydrogens is 545 g/mol. The molecule has 0 saturated carbocycles. The fourth-order valence-corrected chi connectivity index (χ4v) is 5.45. The highest BCUT2D eigenvalue weighted by molar-refractivity contribution is 5.75. The van der Waals surface area contributed by atoms with Gasteiger partial charge in [0.25, 0.3) is 0 Å². The van der Waals surface area contributed by atoms with Crippen molar-refractivity contribution >= 4 is 11.8 Å². The molecule has 1 unspecified atom stereocenters. The number of halogens is 1. The minimum atomic E-state index is -0.951. The number of hydrogen-bond donors (Lipinski definition) is 1. The van der Waals surface area contributed by atoms with Gasteiger partial charge in [0.15, 0.2) is 0 Å². The molecule has 1 N–H and O–H groups in total. The Morgan fingerprint density at radius 2 is 1.49 bits per heavy atom. The van der Waals surface area contributed by atoms with Crippen LogP contribution in [0.3, 0.4) is 0 Å². The molecular formula is C35H38FN3O4. The number of rotatable bonds is 8. The summed E-state index contributed by atoms with van der Waals surface area (Å²) in [6.07, 6.45) is -0.951. The molecule has 0 spiro atoms. The van der Waals surface area contributed by atoms with E-state index < -0.39 is 6.09 Å². The zero-order valence-electron chi connectivity index (χ0n) is 25.1. The highest BCUT2D eigenvalue weighted by Crippen LogP contribution is 2.39. The van der Waals surface area contributed by atoms with Crippen LogP contribution < -0.4 is 14.4 Å². The van der Waals surface area contributed by atoms with E-state index >= 15 is 4.39 Å². The fraction of sp³-hybridized carbons (Fsp3) is 0.314. The van der Waals surface area contributed by atoms with Gasteiger partial charge in [0.2, 0.25) is 11.8 Å². The Bertz CT molecular complexity index is 1560. The predicted octanol–water partition coefficient (Wildman–Crippen LogP) is 7.57. The molecule has 1 aliphatic rings. The second-order valence-corrected chi connectivity index (χ2v) is 11.9. The van der Waals surface area contributed by atoms with Crippen molar-refractivity contribution < 1.29 is 23.8 Å². The average Bonchev–Trinajstić information content (AvgIpc) is 3.01. The predicted molar refractivity (Wildman–Crippen MR) is 166 cm³/mol. The van der Waals surface area contributed by atoms with Gasteiger partial charge in [-0.25, -0.2) is 9.18 Å². The third-order valence-corrected chi connectivity index (χ3v) is 7.90. The van der Waals surface area contributed by atoms with Crippen LogP contribution in [0.2, 0.25) is 0 Å². The van der Waals surface area contributed by atoms with E-state index in [0.717, 1.165) is 11.1 Å². The Labute approximate surface area is 252 Å². The van der Waals surface area contributed by atoms with Crippen molar-refractivity contribution in [3.63, 3.8) is 0 Å². The third-order valence-electron chi connectivity index (χ3n) is 7.90. The average molecular weight is 584 g/mol. The smallest absolute Gasteiger partial charge is 0.407 e. The lowest BCUT2D eigenvalue weighted by Gasteiger charge is -2.47. The van der Waals surface area contributed by atoms with Crippen LogP contribution in [-0.2, 0) is 13.2 Å². The van der Waals surface area contributed by atoms with Crippen LogP contribution in [0.1, 0.15) is 37.5 Å². The molecule has 7 nitrogen and oxygen atoms in total. The summed E-state index contributed by atoms with van der Waals surface area (Å²) in [6.45, 7) is 9.61. The number of benzene rings is 3. The molecule has 224 valence electrons. The van der Waals surface area contributed by atoms with Gasteiger partial charge in [-0.1, -0.05) is 87.5 Å². The number of pyridine rings is 1. The van der Waals surface area contributed by atoms with Gasteiger partial charge in [0.05, 0.1) is 11.7 Å². The summed E-state index contributed by atoms with van der Waals surface area (Å²) in [5.74, 6) is 0.427. The largest absolute Gasteiger partial charge is 0.473 e. The van der Waals surface area contributed by atoms with Crippen molar-refractivity contribution in [3.8, 4) is 22.9 Å². The van der Waals surface area contributed by atoms with Crippen LogP contribution in [0.25, 0.3) is 11.1 Å². The van der Waals surface area contributed by atoms with Gasteiger partial charge in [-0.3, -0.25) is 0 Å². The Morgan fingerprint density at radius 1 is 0.884 bits per heavy atom.